The lowest BCUT2D eigenvalue weighted by molar-refractivity contribution is 0.628. The zero-order valence-corrected chi connectivity index (χ0v) is 9.50. The maximum Gasteiger partial charge on any atom is 0.123 e. The van der Waals surface area contributed by atoms with Gasteiger partial charge in [-0.3, -0.25) is 0 Å². The van der Waals surface area contributed by atoms with Crippen molar-refractivity contribution in [3.05, 3.63) is 58.9 Å². The standard InChI is InChI=1S/C13H8ClFN2/c14-12-2-1-3-13(11(12)8-16)17-10-6-4-9(15)5-7-10/h1-7,17H. The minimum Gasteiger partial charge on any atom is -0.354 e. The van der Waals surface area contributed by atoms with Gasteiger partial charge >= 0.3 is 0 Å². The maximum atomic E-state index is 12.7. The van der Waals surface area contributed by atoms with Gasteiger partial charge in [-0.1, -0.05) is 17.7 Å². The summed E-state index contributed by atoms with van der Waals surface area (Å²) in [5, 5.41) is 12.4. The molecule has 0 aliphatic heterocycles. The summed E-state index contributed by atoms with van der Waals surface area (Å²) in [6.07, 6.45) is 0. The number of nitriles is 1. The number of anilines is 2. The van der Waals surface area contributed by atoms with Gasteiger partial charge in [-0.15, -0.1) is 0 Å². The van der Waals surface area contributed by atoms with Crippen LogP contribution >= 0.6 is 11.6 Å². The molecule has 0 fully saturated rings. The van der Waals surface area contributed by atoms with Crippen LogP contribution in [0.15, 0.2) is 42.5 Å². The number of hydrogen-bond donors (Lipinski definition) is 1. The fourth-order valence-corrected chi connectivity index (χ4v) is 1.65. The van der Waals surface area contributed by atoms with Crippen LogP contribution in [0.3, 0.4) is 0 Å². The second-order valence-corrected chi connectivity index (χ2v) is 3.81. The normalized spacial score (nSPS) is 9.71. The summed E-state index contributed by atoms with van der Waals surface area (Å²) in [6.45, 7) is 0. The van der Waals surface area contributed by atoms with E-state index in [0.717, 1.165) is 0 Å². The molecule has 2 aromatic rings. The van der Waals surface area contributed by atoms with Crippen LogP contribution in [-0.4, -0.2) is 0 Å². The molecular formula is C13H8ClFN2. The van der Waals surface area contributed by atoms with E-state index in [1.54, 1.807) is 30.3 Å². The van der Waals surface area contributed by atoms with Gasteiger partial charge in [-0.25, -0.2) is 4.39 Å². The Morgan fingerprint density at radius 3 is 2.47 bits per heavy atom. The van der Waals surface area contributed by atoms with Crippen LogP contribution in [0.4, 0.5) is 15.8 Å². The predicted octanol–water partition coefficient (Wildman–Crippen LogP) is 4.09. The van der Waals surface area contributed by atoms with Crippen LogP contribution in [0, 0.1) is 17.1 Å². The van der Waals surface area contributed by atoms with E-state index in [1.807, 2.05) is 6.07 Å². The first-order chi connectivity index (χ1) is 8.20. The summed E-state index contributed by atoms with van der Waals surface area (Å²) >= 11 is 5.90. The van der Waals surface area contributed by atoms with Gasteiger partial charge in [0.1, 0.15) is 11.9 Å². The van der Waals surface area contributed by atoms with E-state index in [2.05, 4.69) is 5.32 Å². The second kappa shape index (κ2) is 4.86. The lowest BCUT2D eigenvalue weighted by Crippen LogP contribution is -1.94. The maximum absolute atomic E-state index is 12.7. The van der Waals surface area contributed by atoms with Gasteiger partial charge in [0.15, 0.2) is 0 Å². The number of nitrogens with zero attached hydrogens (tertiary/aromatic N) is 1. The van der Waals surface area contributed by atoms with Crippen LogP contribution in [0.1, 0.15) is 5.56 Å². The van der Waals surface area contributed by atoms with Gasteiger partial charge in [0.05, 0.1) is 16.3 Å². The molecule has 84 valence electrons. The average molecular weight is 247 g/mol. The molecule has 0 bridgehead atoms. The lowest BCUT2D eigenvalue weighted by Gasteiger charge is -2.08. The molecule has 2 rings (SSSR count). The molecule has 2 nitrogen and oxygen atoms in total. The molecule has 0 saturated carbocycles. The van der Waals surface area contributed by atoms with Crippen molar-refractivity contribution in [1.29, 1.82) is 5.26 Å². The Morgan fingerprint density at radius 2 is 1.82 bits per heavy atom. The zero-order valence-electron chi connectivity index (χ0n) is 8.74. The Morgan fingerprint density at radius 1 is 1.12 bits per heavy atom. The molecule has 1 N–H and O–H groups in total. The fourth-order valence-electron chi connectivity index (χ4n) is 1.43. The van der Waals surface area contributed by atoms with E-state index in [9.17, 15) is 4.39 Å². The third-order valence-corrected chi connectivity index (χ3v) is 2.56. The molecule has 0 aliphatic rings. The summed E-state index contributed by atoms with van der Waals surface area (Å²) in [6, 6.07) is 13.0. The molecule has 0 saturated heterocycles. The van der Waals surface area contributed by atoms with Gasteiger partial charge < -0.3 is 5.32 Å². The van der Waals surface area contributed by atoms with Crippen LogP contribution < -0.4 is 5.32 Å². The molecule has 0 radical (unpaired) electrons. The highest BCUT2D eigenvalue weighted by molar-refractivity contribution is 6.32. The van der Waals surface area contributed by atoms with Crippen molar-refractivity contribution >= 4 is 23.0 Å². The van der Waals surface area contributed by atoms with E-state index in [-0.39, 0.29) is 5.82 Å². The third-order valence-electron chi connectivity index (χ3n) is 2.25. The number of rotatable bonds is 2. The first-order valence-corrected chi connectivity index (χ1v) is 5.29. The van der Waals surface area contributed by atoms with Gasteiger partial charge in [0.2, 0.25) is 0 Å². The van der Waals surface area contributed by atoms with Crippen molar-refractivity contribution in [2.45, 2.75) is 0 Å². The first-order valence-electron chi connectivity index (χ1n) is 4.92. The van der Waals surface area contributed by atoms with Crippen LogP contribution in [0.5, 0.6) is 0 Å². The fraction of sp³-hybridized carbons (Fsp3) is 0. The predicted molar refractivity (Wildman–Crippen MR) is 65.8 cm³/mol. The molecule has 2 aromatic carbocycles. The Balaban J connectivity index is 2.34. The topological polar surface area (TPSA) is 35.8 Å². The van der Waals surface area contributed by atoms with Gasteiger partial charge in [0.25, 0.3) is 0 Å². The molecule has 0 heterocycles. The molecule has 17 heavy (non-hydrogen) atoms. The van der Waals surface area contributed by atoms with Crippen molar-refractivity contribution in [2.75, 3.05) is 5.32 Å². The Bertz CT molecular complexity index is 573. The van der Waals surface area contributed by atoms with Gasteiger partial charge in [-0.05, 0) is 36.4 Å². The average Bonchev–Trinajstić information content (AvgIpc) is 2.32. The first kappa shape index (κ1) is 11.4. The van der Waals surface area contributed by atoms with Gasteiger partial charge in [-0.2, -0.15) is 5.26 Å². The van der Waals surface area contributed by atoms with Crippen molar-refractivity contribution in [3.8, 4) is 6.07 Å². The molecule has 0 atom stereocenters. The quantitative estimate of drug-likeness (QED) is 0.866. The monoisotopic (exact) mass is 246 g/mol. The summed E-state index contributed by atoms with van der Waals surface area (Å²) in [7, 11) is 0. The van der Waals surface area contributed by atoms with Crippen molar-refractivity contribution in [1.82, 2.24) is 0 Å². The van der Waals surface area contributed by atoms with Crippen molar-refractivity contribution < 1.29 is 4.39 Å². The number of benzene rings is 2. The summed E-state index contributed by atoms with van der Waals surface area (Å²) in [4.78, 5) is 0. The van der Waals surface area contributed by atoms with Crippen LogP contribution in [-0.2, 0) is 0 Å². The Hall–Kier alpha value is -2.05. The molecule has 0 aliphatic carbocycles. The molecule has 0 unspecified atom stereocenters. The summed E-state index contributed by atoms with van der Waals surface area (Å²) < 4.78 is 12.7. The zero-order chi connectivity index (χ0) is 12.3. The van der Waals surface area contributed by atoms with E-state index in [4.69, 9.17) is 16.9 Å². The van der Waals surface area contributed by atoms with Crippen molar-refractivity contribution in [2.24, 2.45) is 0 Å². The summed E-state index contributed by atoms with van der Waals surface area (Å²) in [5.74, 6) is -0.304. The molecule has 4 heteroatoms. The van der Waals surface area contributed by atoms with Gasteiger partial charge in [0, 0.05) is 5.69 Å². The van der Waals surface area contributed by atoms with E-state index >= 15 is 0 Å². The highest BCUT2D eigenvalue weighted by Crippen LogP contribution is 2.26. The summed E-state index contributed by atoms with van der Waals surface area (Å²) in [5.41, 5.74) is 1.68. The van der Waals surface area contributed by atoms with E-state index in [0.29, 0.717) is 22.0 Å². The second-order valence-electron chi connectivity index (χ2n) is 3.41. The van der Waals surface area contributed by atoms with Crippen LogP contribution in [0.2, 0.25) is 5.02 Å². The SMILES string of the molecule is N#Cc1c(Cl)cccc1Nc1ccc(F)cc1. The minimum absolute atomic E-state index is 0.304. The molecule has 0 spiro atoms. The molecular weight excluding hydrogens is 239 g/mol. The highest BCUT2D eigenvalue weighted by atomic mass is 35.5. The van der Waals surface area contributed by atoms with E-state index < -0.39 is 0 Å². The van der Waals surface area contributed by atoms with E-state index in [1.165, 1.54) is 12.1 Å². The van der Waals surface area contributed by atoms with Crippen molar-refractivity contribution in [3.63, 3.8) is 0 Å². The number of halogens is 2. The Kier molecular flexibility index (Phi) is 3.27. The van der Waals surface area contributed by atoms with Crippen LogP contribution in [0.25, 0.3) is 0 Å². The highest BCUT2D eigenvalue weighted by Gasteiger charge is 2.06. The largest absolute Gasteiger partial charge is 0.354 e. The smallest absolute Gasteiger partial charge is 0.123 e. The molecule has 0 aromatic heterocycles. The lowest BCUT2D eigenvalue weighted by atomic mass is 10.2. The minimum atomic E-state index is -0.304. The number of nitrogens with one attached hydrogen (secondary N) is 1. The Labute approximate surface area is 103 Å². The third kappa shape index (κ3) is 2.55. The number of hydrogen-bond acceptors (Lipinski definition) is 2. The molecule has 0 amide bonds.